The molecule has 0 aromatic rings. The van der Waals surface area contributed by atoms with Crippen molar-refractivity contribution in [2.75, 3.05) is 0 Å². The summed E-state index contributed by atoms with van der Waals surface area (Å²) in [6, 6.07) is 0. The molecular formula is C28H56O. The Hall–Kier alpha value is -0.300. The van der Waals surface area contributed by atoms with Crippen LogP contribution in [-0.4, -0.2) is 11.2 Å². The van der Waals surface area contributed by atoms with Crippen LogP contribution in [0, 0.1) is 5.92 Å². The molecule has 0 spiro atoms. The maximum Gasteiger partial charge on any atom is 0.0540 e. The topological polar surface area (TPSA) is 20.2 Å². The van der Waals surface area contributed by atoms with Crippen LogP contribution < -0.4 is 0 Å². The molecule has 0 fully saturated rings. The monoisotopic (exact) mass is 408 g/mol. The van der Waals surface area contributed by atoms with E-state index in [1.54, 1.807) is 0 Å². The average molecular weight is 409 g/mol. The highest BCUT2D eigenvalue weighted by Crippen LogP contribution is 2.15. The Bertz CT molecular complexity index is 320. The summed E-state index contributed by atoms with van der Waals surface area (Å²) in [7, 11) is 0. The van der Waals surface area contributed by atoms with Gasteiger partial charge in [0.1, 0.15) is 0 Å². The Balaban J connectivity index is 3.20. The normalized spacial score (nSPS) is 13.0. The molecule has 174 valence electrons. The Labute approximate surface area is 185 Å². The maximum absolute atomic E-state index is 10.1. The molecule has 0 aliphatic carbocycles. The first-order chi connectivity index (χ1) is 14.2. The van der Waals surface area contributed by atoms with E-state index in [1.165, 1.54) is 122 Å². The summed E-state index contributed by atoms with van der Waals surface area (Å²) in [6.45, 7) is 6.90. The zero-order chi connectivity index (χ0) is 21.4. The zero-order valence-corrected chi connectivity index (χ0v) is 20.6. The third kappa shape index (κ3) is 25.7. The van der Waals surface area contributed by atoms with Gasteiger partial charge in [0.25, 0.3) is 0 Å². The number of aliphatic hydroxyl groups is 1. The van der Waals surface area contributed by atoms with E-state index in [0.717, 1.165) is 18.8 Å². The predicted molar refractivity (Wildman–Crippen MR) is 133 cm³/mol. The summed E-state index contributed by atoms with van der Waals surface area (Å²) in [5, 5.41) is 10.1. The van der Waals surface area contributed by atoms with Gasteiger partial charge < -0.3 is 5.11 Å². The average Bonchev–Trinajstić information content (AvgIpc) is 2.70. The molecule has 0 aromatic carbocycles. The summed E-state index contributed by atoms with van der Waals surface area (Å²) < 4.78 is 0. The Morgan fingerprint density at radius 2 is 0.897 bits per heavy atom. The maximum atomic E-state index is 10.1. The van der Waals surface area contributed by atoms with Gasteiger partial charge in [0.15, 0.2) is 0 Å². The van der Waals surface area contributed by atoms with Gasteiger partial charge >= 0.3 is 0 Å². The van der Waals surface area contributed by atoms with E-state index >= 15 is 0 Å². The number of hydrogen-bond donors (Lipinski definition) is 1. The molecule has 0 amide bonds. The molecular weight excluding hydrogens is 352 g/mol. The smallest absolute Gasteiger partial charge is 0.0540 e. The van der Waals surface area contributed by atoms with Crippen molar-refractivity contribution in [2.24, 2.45) is 5.92 Å². The standard InChI is InChI=1S/C28H56O/c1-4-5-6-7-8-9-10-11-12-13-14-15-16-19-22-25-28(29)26-23-20-17-18-21-24-27(2)3/h11-12,27-29H,4-10,13-26H2,1-3H3/b12-11-. The third-order valence-electron chi connectivity index (χ3n) is 6.12. The summed E-state index contributed by atoms with van der Waals surface area (Å²) in [5.41, 5.74) is 0. The largest absolute Gasteiger partial charge is 0.393 e. The van der Waals surface area contributed by atoms with Gasteiger partial charge in [0, 0.05) is 0 Å². The number of unbranched alkanes of at least 4 members (excludes halogenated alkanes) is 15. The van der Waals surface area contributed by atoms with Crippen molar-refractivity contribution in [3.63, 3.8) is 0 Å². The second-order valence-electron chi connectivity index (χ2n) is 9.77. The Kier molecular flexibility index (Phi) is 23.7. The van der Waals surface area contributed by atoms with Crippen LogP contribution in [0.5, 0.6) is 0 Å². The minimum Gasteiger partial charge on any atom is -0.393 e. The predicted octanol–water partition coefficient (Wildman–Crippen LogP) is 9.77. The van der Waals surface area contributed by atoms with E-state index in [1.807, 2.05) is 0 Å². The van der Waals surface area contributed by atoms with Gasteiger partial charge in [-0.2, -0.15) is 0 Å². The summed E-state index contributed by atoms with van der Waals surface area (Å²) >= 11 is 0. The molecule has 0 saturated carbocycles. The first-order valence-electron chi connectivity index (χ1n) is 13.5. The number of allylic oxidation sites excluding steroid dienone is 2. The fourth-order valence-corrected chi connectivity index (χ4v) is 4.06. The van der Waals surface area contributed by atoms with Crippen LogP contribution in [-0.2, 0) is 0 Å². The van der Waals surface area contributed by atoms with Crippen molar-refractivity contribution >= 4 is 0 Å². The zero-order valence-electron chi connectivity index (χ0n) is 20.6. The summed E-state index contributed by atoms with van der Waals surface area (Å²) in [5.74, 6) is 0.850. The van der Waals surface area contributed by atoms with Crippen LogP contribution in [0.25, 0.3) is 0 Å². The SMILES string of the molecule is CCCCCCCC/C=C\CCCCCCCC(O)CCCCCCCC(C)C. The molecule has 0 aromatic heterocycles. The second-order valence-corrected chi connectivity index (χ2v) is 9.77. The quantitative estimate of drug-likeness (QED) is 0.132. The van der Waals surface area contributed by atoms with Gasteiger partial charge in [-0.1, -0.05) is 129 Å². The summed E-state index contributed by atoms with van der Waals surface area (Å²) in [4.78, 5) is 0. The molecule has 1 unspecified atom stereocenters. The molecule has 0 aliphatic rings. The van der Waals surface area contributed by atoms with Crippen molar-refractivity contribution in [1.29, 1.82) is 0 Å². The van der Waals surface area contributed by atoms with Gasteiger partial charge in [-0.15, -0.1) is 0 Å². The van der Waals surface area contributed by atoms with Crippen LogP contribution in [0.4, 0.5) is 0 Å². The van der Waals surface area contributed by atoms with Gasteiger partial charge in [0.2, 0.25) is 0 Å². The van der Waals surface area contributed by atoms with E-state index in [9.17, 15) is 5.11 Å². The van der Waals surface area contributed by atoms with Crippen LogP contribution in [0.2, 0.25) is 0 Å². The lowest BCUT2D eigenvalue weighted by atomic mass is 10.0. The van der Waals surface area contributed by atoms with Gasteiger partial charge in [-0.3, -0.25) is 0 Å². The van der Waals surface area contributed by atoms with Gasteiger partial charge in [0.05, 0.1) is 6.10 Å². The fourth-order valence-electron chi connectivity index (χ4n) is 4.06. The molecule has 0 aliphatic heterocycles. The second kappa shape index (κ2) is 24.0. The van der Waals surface area contributed by atoms with E-state index in [2.05, 4.69) is 32.9 Å². The van der Waals surface area contributed by atoms with Crippen LogP contribution in [0.1, 0.15) is 156 Å². The van der Waals surface area contributed by atoms with E-state index in [0.29, 0.717) is 0 Å². The van der Waals surface area contributed by atoms with E-state index in [4.69, 9.17) is 0 Å². The van der Waals surface area contributed by atoms with Gasteiger partial charge in [-0.05, 0) is 44.4 Å². The first-order valence-corrected chi connectivity index (χ1v) is 13.5. The lowest BCUT2D eigenvalue weighted by Gasteiger charge is -2.10. The van der Waals surface area contributed by atoms with E-state index < -0.39 is 0 Å². The van der Waals surface area contributed by atoms with Gasteiger partial charge in [-0.25, -0.2) is 0 Å². The lowest BCUT2D eigenvalue weighted by molar-refractivity contribution is 0.147. The highest BCUT2D eigenvalue weighted by molar-refractivity contribution is 4.81. The molecule has 1 heteroatoms. The molecule has 0 bridgehead atoms. The molecule has 1 nitrogen and oxygen atoms in total. The first kappa shape index (κ1) is 28.7. The molecule has 0 radical (unpaired) electrons. The third-order valence-corrected chi connectivity index (χ3v) is 6.12. The van der Waals surface area contributed by atoms with Crippen molar-refractivity contribution in [2.45, 2.75) is 162 Å². The fraction of sp³-hybridized carbons (Fsp3) is 0.929. The highest BCUT2D eigenvalue weighted by Gasteiger charge is 2.03. The number of hydrogen-bond acceptors (Lipinski definition) is 1. The molecule has 0 saturated heterocycles. The molecule has 0 rings (SSSR count). The van der Waals surface area contributed by atoms with Crippen molar-refractivity contribution < 1.29 is 5.11 Å². The number of aliphatic hydroxyl groups excluding tert-OH is 1. The van der Waals surface area contributed by atoms with Crippen LogP contribution in [0.15, 0.2) is 12.2 Å². The van der Waals surface area contributed by atoms with Crippen molar-refractivity contribution in [3.8, 4) is 0 Å². The van der Waals surface area contributed by atoms with Crippen LogP contribution >= 0.6 is 0 Å². The number of rotatable bonds is 23. The Morgan fingerprint density at radius 3 is 1.34 bits per heavy atom. The lowest BCUT2D eigenvalue weighted by Crippen LogP contribution is -2.05. The molecule has 29 heavy (non-hydrogen) atoms. The summed E-state index contributed by atoms with van der Waals surface area (Å²) in [6.07, 6.45) is 32.3. The van der Waals surface area contributed by atoms with Crippen molar-refractivity contribution in [3.05, 3.63) is 12.2 Å². The Morgan fingerprint density at radius 1 is 0.517 bits per heavy atom. The molecule has 0 heterocycles. The molecule has 1 N–H and O–H groups in total. The minimum absolute atomic E-state index is 0.0458. The van der Waals surface area contributed by atoms with Crippen molar-refractivity contribution in [1.82, 2.24) is 0 Å². The van der Waals surface area contributed by atoms with E-state index in [-0.39, 0.29) is 6.10 Å². The van der Waals surface area contributed by atoms with Crippen LogP contribution in [0.3, 0.4) is 0 Å². The highest BCUT2D eigenvalue weighted by atomic mass is 16.3. The molecule has 1 atom stereocenters. The minimum atomic E-state index is -0.0458.